The molecule has 0 N–H and O–H groups in total. The molecule has 0 aliphatic carbocycles. The highest BCUT2D eigenvalue weighted by Gasteiger charge is 2.38. The average molecular weight is 244 g/mol. The number of hydrogen-bond donors (Lipinski definition) is 0. The Bertz CT molecular complexity index is 395. The molecule has 3 heteroatoms. The van der Waals surface area contributed by atoms with Gasteiger partial charge in [0, 0.05) is 0 Å². The van der Waals surface area contributed by atoms with E-state index in [0.717, 1.165) is 0 Å². The molecular weight excluding hydrogens is 225 g/mol. The Hall–Kier alpha value is -0.990. The Labute approximate surface area is 101 Å². The summed E-state index contributed by atoms with van der Waals surface area (Å²) in [5, 5.41) is 0. The molecule has 1 rings (SSSR count). The molecule has 0 nitrogen and oxygen atoms in total. The lowest BCUT2D eigenvalue weighted by atomic mass is 9.80. The molecule has 0 bridgehead atoms. The molecule has 96 valence electrons. The molecule has 0 saturated carbocycles. The number of alkyl halides is 3. The van der Waals surface area contributed by atoms with E-state index < -0.39 is 17.2 Å². The molecule has 17 heavy (non-hydrogen) atoms. The lowest BCUT2D eigenvalue weighted by molar-refractivity contribution is -0.139. The second kappa shape index (κ2) is 4.35. The molecule has 0 aliphatic heterocycles. The summed E-state index contributed by atoms with van der Waals surface area (Å²) >= 11 is 0. The van der Waals surface area contributed by atoms with Crippen molar-refractivity contribution in [1.29, 1.82) is 0 Å². The Balaban J connectivity index is 3.58. The minimum absolute atomic E-state index is 0.131. The maximum atomic E-state index is 13.2. The molecule has 0 spiro atoms. The summed E-state index contributed by atoms with van der Waals surface area (Å²) < 4.78 is 39.6. The molecule has 0 saturated heterocycles. The molecule has 0 aliphatic rings. The fourth-order valence-electron chi connectivity index (χ4n) is 1.99. The topological polar surface area (TPSA) is 0 Å². The summed E-state index contributed by atoms with van der Waals surface area (Å²) in [6, 6.07) is 4.86. The van der Waals surface area contributed by atoms with Crippen molar-refractivity contribution < 1.29 is 13.2 Å². The van der Waals surface area contributed by atoms with Gasteiger partial charge < -0.3 is 0 Å². The summed E-state index contributed by atoms with van der Waals surface area (Å²) in [6.07, 6.45) is -4.29. The third-order valence-electron chi connectivity index (χ3n) is 2.81. The molecule has 0 unspecified atom stereocenters. The molecule has 0 fully saturated rings. The zero-order valence-corrected chi connectivity index (χ0v) is 10.9. The smallest absolute Gasteiger partial charge is 0.166 e. The van der Waals surface area contributed by atoms with Crippen molar-refractivity contribution in [2.24, 2.45) is 0 Å². The molecule has 1 aromatic carbocycles. The van der Waals surface area contributed by atoms with Gasteiger partial charge in [-0.25, -0.2) is 0 Å². The monoisotopic (exact) mass is 244 g/mol. The highest BCUT2D eigenvalue weighted by atomic mass is 19.4. The van der Waals surface area contributed by atoms with E-state index in [0.29, 0.717) is 11.1 Å². The Morgan fingerprint density at radius 1 is 1.00 bits per heavy atom. The van der Waals surface area contributed by atoms with Crippen LogP contribution in [-0.2, 0) is 11.6 Å². The second-order valence-corrected chi connectivity index (χ2v) is 5.67. The van der Waals surface area contributed by atoms with Crippen molar-refractivity contribution in [3.05, 3.63) is 34.9 Å². The van der Waals surface area contributed by atoms with Crippen LogP contribution in [0, 0.1) is 0 Å². The SMILES string of the molecule is CC(C)c1cccc(C(C)(C)C)c1C(F)(F)F. The van der Waals surface area contributed by atoms with E-state index in [1.54, 1.807) is 32.0 Å². The van der Waals surface area contributed by atoms with E-state index >= 15 is 0 Å². The van der Waals surface area contributed by atoms with Crippen LogP contribution in [0.4, 0.5) is 13.2 Å². The standard InChI is InChI=1S/C14H19F3/c1-9(2)10-7-6-8-11(13(3,4)5)12(10)14(15,16)17/h6-9H,1-5H3. The fourth-order valence-corrected chi connectivity index (χ4v) is 1.99. The van der Waals surface area contributed by atoms with Gasteiger partial charge in [-0.05, 0) is 22.5 Å². The van der Waals surface area contributed by atoms with Gasteiger partial charge in [-0.1, -0.05) is 52.8 Å². The third kappa shape index (κ3) is 3.02. The summed E-state index contributed by atoms with van der Waals surface area (Å²) in [7, 11) is 0. The number of rotatable bonds is 1. The number of hydrogen-bond acceptors (Lipinski definition) is 0. The molecule has 0 atom stereocenters. The average Bonchev–Trinajstić information content (AvgIpc) is 2.13. The lowest BCUT2D eigenvalue weighted by Crippen LogP contribution is -2.21. The molecule has 1 aromatic rings. The largest absolute Gasteiger partial charge is 0.416 e. The minimum Gasteiger partial charge on any atom is -0.166 e. The van der Waals surface area contributed by atoms with Gasteiger partial charge >= 0.3 is 6.18 Å². The van der Waals surface area contributed by atoms with Crippen molar-refractivity contribution in [2.75, 3.05) is 0 Å². The lowest BCUT2D eigenvalue weighted by Gasteiger charge is -2.27. The van der Waals surface area contributed by atoms with Crippen molar-refractivity contribution in [3.63, 3.8) is 0 Å². The first-order valence-electron chi connectivity index (χ1n) is 5.75. The van der Waals surface area contributed by atoms with Gasteiger partial charge in [0.05, 0.1) is 5.56 Å². The summed E-state index contributed by atoms with van der Waals surface area (Å²) in [5.74, 6) is -0.131. The van der Waals surface area contributed by atoms with Gasteiger partial charge in [-0.2, -0.15) is 13.2 Å². The summed E-state index contributed by atoms with van der Waals surface area (Å²) in [6.45, 7) is 9.00. The highest BCUT2D eigenvalue weighted by Crippen LogP contribution is 2.41. The molecule has 0 heterocycles. The highest BCUT2D eigenvalue weighted by molar-refractivity contribution is 5.42. The van der Waals surface area contributed by atoms with Crippen LogP contribution in [0.25, 0.3) is 0 Å². The van der Waals surface area contributed by atoms with Crippen LogP contribution in [0.15, 0.2) is 18.2 Å². The predicted molar refractivity (Wildman–Crippen MR) is 64.2 cm³/mol. The number of benzene rings is 1. The van der Waals surface area contributed by atoms with Crippen LogP contribution in [0.2, 0.25) is 0 Å². The predicted octanol–water partition coefficient (Wildman–Crippen LogP) is 5.13. The van der Waals surface area contributed by atoms with Crippen molar-refractivity contribution >= 4 is 0 Å². The zero-order valence-electron chi connectivity index (χ0n) is 10.9. The Kier molecular flexibility index (Phi) is 3.60. The summed E-state index contributed by atoms with van der Waals surface area (Å²) in [4.78, 5) is 0. The molecule has 0 amide bonds. The van der Waals surface area contributed by atoms with Crippen LogP contribution in [0.5, 0.6) is 0 Å². The van der Waals surface area contributed by atoms with Crippen LogP contribution in [0.1, 0.15) is 57.2 Å². The maximum Gasteiger partial charge on any atom is 0.416 e. The van der Waals surface area contributed by atoms with Gasteiger partial charge in [0.15, 0.2) is 0 Å². The van der Waals surface area contributed by atoms with E-state index in [9.17, 15) is 13.2 Å². The fraction of sp³-hybridized carbons (Fsp3) is 0.571. The normalized spacial score (nSPS) is 13.2. The van der Waals surface area contributed by atoms with E-state index in [-0.39, 0.29) is 5.92 Å². The third-order valence-corrected chi connectivity index (χ3v) is 2.81. The van der Waals surface area contributed by atoms with Crippen molar-refractivity contribution in [2.45, 2.75) is 52.1 Å². The van der Waals surface area contributed by atoms with E-state index in [1.807, 2.05) is 20.8 Å². The van der Waals surface area contributed by atoms with Crippen LogP contribution >= 0.6 is 0 Å². The quantitative estimate of drug-likeness (QED) is 0.642. The van der Waals surface area contributed by atoms with Crippen molar-refractivity contribution in [1.82, 2.24) is 0 Å². The maximum absolute atomic E-state index is 13.2. The van der Waals surface area contributed by atoms with Crippen LogP contribution < -0.4 is 0 Å². The molecule has 0 aromatic heterocycles. The van der Waals surface area contributed by atoms with Crippen LogP contribution in [-0.4, -0.2) is 0 Å². The van der Waals surface area contributed by atoms with Gasteiger partial charge in [0.1, 0.15) is 0 Å². The number of halogens is 3. The second-order valence-electron chi connectivity index (χ2n) is 5.67. The van der Waals surface area contributed by atoms with E-state index in [1.165, 1.54) is 0 Å². The van der Waals surface area contributed by atoms with Gasteiger partial charge in [-0.15, -0.1) is 0 Å². The van der Waals surface area contributed by atoms with Crippen molar-refractivity contribution in [3.8, 4) is 0 Å². The zero-order chi connectivity index (χ0) is 13.4. The molecular formula is C14H19F3. The minimum atomic E-state index is -4.29. The van der Waals surface area contributed by atoms with E-state index in [4.69, 9.17) is 0 Å². The van der Waals surface area contributed by atoms with Gasteiger partial charge in [0.2, 0.25) is 0 Å². The van der Waals surface area contributed by atoms with Crippen LogP contribution in [0.3, 0.4) is 0 Å². The van der Waals surface area contributed by atoms with E-state index in [2.05, 4.69) is 0 Å². The Morgan fingerprint density at radius 3 is 1.88 bits per heavy atom. The Morgan fingerprint density at radius 2 is 1.53 bits per heavy atom. The first-order chi connectivity index (χ1) is 7.55. The van der Waals surface area contributed by atoms with Gasteiger partial charge in [0.25, 0.3) is 0 Å². The first-order valence-corrected chi connectivity index (χ1v) is 5.75. The van der Waals surface area contributed by atoms with Gasteiger partial charge in [-0.3, -0.25) is 0 Å². The molecule has 0 radical (unpaired) electrons. The first kappa shape index (κ1) is 14.1. The summed E-state index contributed by atoms with van der Waals surface area (Å²) in [5.41, 5.74) is -0.209.